The molecule has 0 aliphatic rings. The minimum atomic E-state index is -3.95. The molecule has 0 aliphatic heterocycles. The van der Waals surface area contributed by atoms with Gasteiger partial charge in [0.25, 0.3) is 0 Å². The van der Waals surface area contributed by atoms with Crippen LogP contribution in [0.3, 0.4) is 0 Å². The van der Waals surface area contributed by atoms with Gasteiger partial charge in [0.1, 0.15) is 0 Å². The van der Waals surface area contributed by atoms with Gasteiger partial charge in [-0.25, -0.2) is 0 Å². The molecule has 0 spiro atoms. The summed E-state index contributed by atoms with van der Waals surface area (Å²) in [6.45, 7) is 0. The zero-order valence-electron chi connectivity index (χ0n) is 15.8. The van der Waals surface area contributed by atoms with Crippen LogP contribution in [0.25, 0.3) is 0 Å². The summed E-state index contributed by atoms with van der Waals surface area (Å²) in [5.41, 5.74) is 0. The molecule has 0 fully saturated rings. The average molecular weight is 463 g/mol. The first kappa shape index (κ1) is 23.7. The SMILES string of the molecule is O=[PH](O)O[SH](c1ccccc1)(c1ccccc1)(c1ccccc1)c1ccccc1.[KH]. The Labute approximate surface area is 221 Å². The van der Waals surface area contributed by atoms with Gasteiger partial charge < -0.3 is 4.89 Å². The summed E-state index contributed by atoms with van der Waals surface area (Å²) in [5, 5.41) is 0. The summed E-state index contributed by atoms with van der Waals surface area (Å²) in [5.74, 6) is 0. The van der Waals surface area contributed by atoms with E-state index in [1.54, 1.807) is 0 Å². The molecule has 4 aromatic rings. The molecule has 0 heterocycles. The molecule has 4 rings (SSSR count). The first-order valence-corrected chi connectivity index (χ1v) is 12.8. The summed E-state index contributed by atoms with van der Waals surface area (Å²) < 4.78 is 18.9. The molecule has 30 heavy (non-hydrogen) atoms. The summed E-state index contributed by atoms with van der Waals surface area (Å²) in [6.07, 6.45) is 0. The Morgan fingerprint density at radius 1 is 0.533 bits per heavy atom. The topological polar surface area (TPSA) is 46.5 Å². The fourth-order valence-corrected chi connectivity index (χ4v) is 11.8. The summed E-state index contributed by atoms with van der Waals surface area (Å²) in [6, 6.07) is 39.3. The van der Waals surface area contributed by atoms with Crippen molar-refractivity contribution in [3.63, 3.8) is 0 Å². The Bertz CT molecular complexity index is 941. The van der Waals surface area contributed by atoms with Gasteiger partial charge in [-0.15, -0.1) is 9.44 Å². The molecule has 0 amide bonds. The standard InChI is InChI=1S/C24H23O3PS.K.H/c25-28(26)27-29(21-13-5-1-6-14-21,22-15-7-2-8-16-22,23-17-9-3-10-18-23)24-19-11-4-12-20-24;;/h1-20,28-29H,(H,25,26);;. The molecule has 150 valence electrons. The fraction of sp³-hybridized carbons (Fsp3) is 0. The van der Waals surface area contributed by atoms with E-state index in [0.29, 0.717) is 0 Å². The molecule has 0 saturated heterocycles. The second-order valence-electron chi connectivity index (χ2n) is 6.74. The summed E-state index contributed by atoms with van der Waals surface area (Å²) in [4.78, 5) is 13.8. The third kappa shape index (κ3) is 3.84. The van der Waals surface area contributed by atoms with E-state index in [1.165, 1.54) is 0 Å². The number of hydrogen-bond acceptors (Lipinski definition) is 2. The van der Waals surface area contributed by atoms with Crippen molar-refractivity contribution in [2.75, 3.05) is 0 Å². The zero-order valence-corrected chi connectivity index (χ0v) is 17.7. The minimum absolute atomic E-state index is 0. The van der Waals surface area contributed by atoms with Crippen LogP contribution in [0.15, 0.2) is 141 Å². The summed E-state index contributed by atoms with van der Waals surface area (Å²) in [7, 11) is -7.28. The van der Waals surface area contributed by atoms with E-state index in [2.05, 4.69) is 0 Å². The molecular formula is C24H24KO3PS. The van der Waals surface area contributed by atoms with E-state index in [0.717, 1.165) is 19.6 Å². The second-order valence-corrected chi connectivity index (χ2v) is 12.1. The van der Waals surface area contributed by atoms with Crippen molar-refractivity contribution in [1.82, 2.24) is 0 Å². The molecule has 0 saturated carbocycles. The van der Waals surface area contributed by atoms with Crippen LogP contribution < -0.4 is 0 Å². The number of thiol groups is 1. The van der Waals surface area contributed by atoms with E-state index < -0.39 is 17.7 Å². The molecule has 1 atom stereocenters. The van der Waals surface area contributed by atoms with Crippen molar-refractivity contribution in [2.45, 2.75) is 19.6 Å². The predicted molar refractivity (Wildman–Crippen MR) is 127 cm³/mol. The molecule has 6 heteroatoms. The van der Waals surface area contributed by atoms with Crippen LogP contribution in [-0.4, -0.2) is 56.3 Å². The number of rotatable bonds is 6. The summed E-state index contributed by atoms with van der Waals surface area (Å²) >= 11 is 0. The van der Waals surface area contributed by atoms with Crippen LogP contribution in [0.5, 0.6) is 0 Å². The van der Waals surface area contributed by atoms with Gasteiger partial charge in [0.2, 0.25) is 0 Å². The normalized spacial score (nSPS) is 13.4. The third-order valence-corrected chi connectivity index (χ3v) is 12.5. The van der Waals surface area contributed by atoms with Gasteiger partial charge in [-0.2, -0.15) is 0 Å². The van der Waals surface area contributed by atoms with Gasteiger partial charge in [0.05, 0.1) is 0 Å². The van der Waals surface area contributed by atoms with Crippen molar-refractivity contribution in [3.05, 3.63) is 121 Å². The third-order valence-electron chi connectivity index (χ3n) is 5.26. The molecule has 3 nitrogen and oxygen atoms in total. The van der Waals surface area contributed by atoms with Crippen LogP contribution in [0.4, 0.5) is 0 Å². The molecule has 1 N–H and O–H groups in total. The van der Waals surface area contributed by atoms with Crippen molar-refractivity contribution in [2.24, 2.45) is 0 Å². The quantitative estimate of drug-likeness (QED) is 0.211. The Balaban J connectivity index is 0.00000256. The Morgan fingerprint density at radius 2 is 0.767 bits per heavy atom. The Kier molecular flexibility index (Phi) is 7.96. The van der Waals surface area contributed by atoms with Crippen molar-refractivity contribution < 1.29 is 13.4 Å². The number of benzene rings is 4. The van der Waals surface area contributed by atoms with E-state index in [-0.39, 0.29) is 51.4 Å². The van der Waals surface area contributed by atoms with Gasteiger partial charge >= 0.3 is 59.6 Å². The van der Waals surface area contributed by atoms with E-state index in [9.17, 15) is 9.46 Å². The van der Waals surface area contributed by atoms with Crippen molar-refractivity contribution >= 4 is 69.1 Å². The van der Waals surface area contributed by atoms with Crippen LogP contribution in [0.1, 0.15) is 0 Å². The molecule has 0 aliphatic carbocycles. The van der Waals surface area contributed by atoms with Gasteiger partial charge in [-0.1, -0.05) is 72.8 Å². The second kappa shape index (κ2) is 10.1. The molecule has 0 radical (unpaired) electrons. The van der Waals surface area contributed by atoms with Crippen LogP contribution in [0, 0.1) is 0 Å². The molecule has 0 bridgehead atoms. The van der Waals surface area contributed by atoms with Gasteiger partial charge in [-0.05, 0) is 48.5 Å². The van der Waals surface area contributed by atoms with Crippen LogP contribution in [-0.2, 0) is 8.54 Å². The Hall–Kier alpha value is -0.984. The number of hydrogen-bond donors (Lipinski definition) is 2. The van der Waals surface area contributed by atoms with Crippen molar-refractivity contribution in [3.8, 4) is 0 Å². The zero-order chi connectivity index (χ0) is 20.2. The first-order chi connectivity index (χ1) is 14.2. The van der Waals surface area contributed by atoms with Gasteiger partial charge in [0, 0.05) is 19.6 Å². The first-order valence-electron chi connectivity index (χ1n) is 9.35. The maximum atomic E-state index is 12.5. The van der Waals surface area contributed by atoms with Crippen LogP contribution >= 0.6 is 17.7 Å². The van der Waals surface area contributed by atoms with Gasteiger partial charge in [0.15, 0.2) is 0 Å². The molecule has 1 unspecified atom stereocenters. The molecular weight excluding hydrogens is 438 g/mol. The Morgan fingerprint density at radius 3 is 0.967 bits per heavy atom. The van der Waals surface area contributed by atoms with E-state index in [1.807, 2.05) is 121 Å². The fourth-order valence-electron chi connectivity index (χ4n) is 4.11. The predicted octanol–water partition coefficient (Wildman–Crippen LogP) is 5.96. The average Bonchev–Trinajstić information content (AvgIpc) is 2.80. The maximum absolute atomic E-state index is 12.5. The van der Waals surface area contributed by atoms with Crippen molar-refractivity contribution in [1.29, 1.82) is 0 Å². The van der Waals surface area contributed by atoms with Crippen LogP contribution in [0.2, 0.25) is 0 Å². The monoisotopic (exact) mass is 462 g/mol. The van der Waals surface area contributed by atoms with Gasteiger partial charge in [-0.3, -0.25) is 8.54 Å². The van der Waals surface area contributed by atoms with E-state index in [4.69, 9.17) is 3.97 Å². The molecule has 0 aromatic heterocycles. The van der Waals surface area contributed by atoms with E-state index >= 15 is 0 Å². The molecule has 4 aromatic carbocycles.